The fourth-order valence-electron chi connectivity index (χ4n) is 5.15. The molecule has 2 aliphatic rings. The van der Waals surface area contributed by atoms with Crippen LogP contribution in [0.15, 0.2) is 42.5 Å². The van der Waals surface area contributed by atoms with Gasteiger partial charge in [-0.3, -0.25) is 9.59 Å². The predicted octanol–water partition coefficient (Wildman–Crippen LogP) is 5.47. The summed E-state index contributed by atoms with van der Waals surface area (Å²) in [6.45, 7) is 8.41. The topological polar surface area (TPSA) is 71.1 Å². The van der Waals surface area contributed by atoms with E-state index in [9.17, 15) is 9.59 Å². The number of halogens is 1. The van der Waals surface area contributed by atoms with E-state index in [1.807, 2.05) is 32.0 Å². The van der Waals surface area contributed by atoms with Crippen molar-refractivity contribution in [3.8, 4) is 0 Å². The summed E-state index contributed by atoms with van der Waals surface area (Å²) in [5.41, 5.74) is 4.25. The number of hydrogen-bond donors (Lipinski definition) is 0. The van der Waals surface area contributed by atoms with Gasteiger partial charge >= 0.3 is 11.9 Å². The molecule has 0 aromatic heterocycles. The molecule has 5 atom stereocenters. The summed E-state index contributed by atoms with van der Waals surface area (Å²) in [6, 6.07) is 14.4. The molecule has 7 heteroatoms. The summed E-state index contributed by atoms with van der Waals surface area (Å²) in [7, 11) is 0. The molecule has 0 N–H and O–H groups in total. The molecule has 0 amide bonds. The van der Waals surface area contributed by atoms with Crippen LogP contribution in [0.5, 0.6) is 0 Å². The summed E-state index contributed by atoms with van der Waals surface area (Å²) in [4.78, 5) is 23.9. The van der Waals surface area contributed by atoms with E-state index in [2.05, 4.69) is 24.3 Å². The van der Waals surface area contributed by atoms with Gasteiger partial charge in [-0.2, -0.15) is 0 Å². The SMILES string of the molecule is CC[C@H]1O[C@@H](c2ccc(Cl)c(Cc3ccc(CC4COC4)cc3)c2)[C@H](OC(C)=O)[C@@H](OC(C)=O)[C@@H]1C. The van der Waals surface area contributed by atoms with Gasteiger partial charge < -0.3 is 18.9 Å². The molecule has 2 heterocycles. The minimum Gasteiger partial charge on any atom is -0.458 e. The fraction of sp³-hybridized carbons (Fsp3) is 0.517. The van der Waals surface area contributed by atoms with Gasteiger partial charge in [0.25, 0.3) is 0 Å². The Morgan fingerprint density at radius 3 is 2.19 bits per heavy atom. The average Bonchev–Trinajstić information content (AvgIpc) is 2.81. The van der Waals surface area contributed by atoms with Gasteiger partial charge in [0.05, 0.1) is 19.3 Å². The standard InChI is InChI=1S/C29H35ClO6/c1-5-26-17(2)27(34-18(3)31)29(35-19(4)32)28(36-26)23-10-11-25(30)24(14-23)13-21-8-6-20(7-9-21)12-22-15-33-16-22/h6-11,14,17,22,26-29H,5,12-13,15-16H2,1-4H3/t17-,26-,27+,28+,29-/m1/s1. The number of hydrogen-bond acceptors (Lipinski definition) is 6. The maximum atomic E-state index is 12.0. The Morgan fingerprint density at radius 1 is 0.972 bits per heavy atom. The molecule has 2 aromatic rings. The number of carbonyl (C=O) groups excluding carboxylic acids is 2. The molecule has 2 aromatic carbocycles. The highest BCUT2D eigenvalue weighted by molar-refractivity contribution is 6.31. The van der Waals surface area contributed by atoms with Crippen molar-refractivity contribution in [2.75, 3.05) is 13.2 Å². The van der Waals surface area contributed by atoms with Crippen LogP contribution in [0, 0.1) is 11.8 Å². The summed E-state index contributed by atoms with van der Waals surface area (Å²) in [5, 5.41) is 0.659. The second-order valence-corrected chi connectivity index (χ2v) is 10.4. The molecule has 0 radical (unpaired) electrons. The van der Waals surface area contributed by atoms with Crippen LogP contribution >= 0.6 is 11.6 Å². The van der Waals surface area contributed by atoms with Crippen molar-refractivity contribution < 1.29 is 28.5 Å². The van der Waals surface area contributed by atoms with Crippen molar-refractivity contribution in [3.63, 3.8) is 0 Å². The maximum absolute atomic E-state index is 12.0. The molecule has 194 valence electrons. The molecule has 2 saturated heterocycles. The van der Waals surface area contributed by atoms with Crippen LogP contribution in [0.4, 0.5) is 0 Å². The summed E-state index contributed by atoms with van der Waals surface area (Å²) in [6.07, 6.45) is 0.332. The van der Waals surface area contributed by atoms with Crippen molar-refractivity contribution >= 4 is 23.5 Å². The Morgan fingerprint density at radius 2 is 1.61 bits per heavy atom. The lowest BCUT2D eigenvalue weighted by Gasteiger charge is -2.44. The van der Waals surface area contributed by atoms with E-state index in [1.54, 1.807) is 0 Å². The van der Waals surface area contributed by atoms with Crippen LogP contribution in [-0.2, 0) is 41.4 Å². The van der Waals surface area contributed by atoms with E-state index in [1.165, 1.54) is 19.4 Å². The van der Waals surface area contributed by atoms with E-state index in [0.717, 1.165) is 42.7 Å². The third-order valence-electron chi connectivity index (χ3n) is 7.10. The van der Waals surface area contributed by atoms with E-state index in [4.69, 9.17) is 30.5 Å². The zero-order valence-electron chi connectivity index (χ0n) is 21.4. The molecular weight excluding hydrogens is 480 g/mol. The monoisotopic (exact) mass is 514 g/mol. The van der Waals surface area contributed by atoms with Crippen LogP contribution in [-0.4, -0.2) is 43.5 Å². The van der Waals surface area contributed by atoms with Crippen LogP contribution < -0.4 is 0 Å². The summed E-state index contributed by atoms with van der Waals surface area (Å²) in [5.74, 6) is -0.371. The molecule has 0 unspecified atom stereocenters. The third-order valence-corrected chi connectivity index (χ3v) is 7.47. The van der Waals surface area contributed by atoms with Gasteiger partial charge in [-0.25, -0.2) is 0 Å². The largest absolute Gasteiger partial charge is 0.458 e. The smallest absolute Gasteiger partial charge is 0.303 e. The van der Waals surface area contributed by atoms with Gasteiger partial charge in [-0.05, 0) is 47.6 Å². The van der Waals surface area contributed by atoms with Gasteiger partial charge in [0, 0.05) is 30.7 Å². The third kappa shape index (κ3) is 6.28. The van der Waals surface area contributed by atoms with Crippen molar-refractivity contribution in [1.82, 2.24) is 0 Å². The Labute approximate surface area is 218 Å². The number of carbonyl (C=O) groups is 2. The van der Waals surface area contributed by atoms with E-state index < -0.39 is 30.3 Å². The zero-order chi connectivity index (χ0) is 25.8. The Hall–Kier alpha value is -2.41. The van der Waals surface area contributed by atoms with Crippen LogP contribution in [0.2, 0.25) is 5.02 Å². The molecule has 4 rings (SSSR count). The predicted molar refractivity (Wildman–Crippen MR) is 137 cm³/mol. The van der Waals surface area contributed by atoms with Gasteiger partial charge in [0.1, 0.15) is 12.2 Å². The van der Waals surface area contributed by atoms with Crippen LogP contribution in [0.25, 0.3) is 0 Å². The molecule has 2 fully saturated rings. The van der Waals surface area contributed by atoms with Gasteiger partial charge in [-0.1, -0.05) is 61.8 Å². The first kappa shape index (κ1) is 26.6. The average molecular weight is 515 g/mol. The first-order chi connectivity index (χ1) is 17.2. The Kier molecular flexibility index (Phi) is 8.70. The van der Waals surface area contributed by atoms with E-state index in [-0.39, 0.29) is 12.0 Å². The second-order valence-electron chi connectivity index (χ2n) is 9.96. The Bertz CT molecular complexity index is 1060. The molecule has 0 spiro atoms. The maximum Gasteiger partial charge on any atom is 0.303 e. The number of esters is 2. The zero-order valence-corrected chi connectivity index (χ0v) is 22.1. The highest BCUT2D eigenvalue weighted by Gasteiger charge is 2.47. The number of rotatable bonds is 8. The molecule has 36 heavy (non-hydrogen) atoms. The van der Waals surface area contributed by atoms with Crippen molar-refractivity contribution in [2.45, 2.75) is 71.4 Å². The highest BCUT2D eigenvalue weighted by atomic mass is 35.5. The molecular formula is C29H35ClO6. The van der Waals surface area contributed by atoms with E-state index in [0.29, 0.717) is 17.4 Å². The minimum atomic E-state index is -0.756. The van der Waals surface area contributed by atoms with Gasteiger partial charge in [0.15, 0.2) is 6.10 Å². The quantitative estimate of drug-likeness (QED) is 0.435. The summed E-state index contributed by atoms with van der Waals surface area (Å²) >= 11 is 6.60. The first-order valence-corrected chi connectivity index (χ1v) is 13.1. The molecule has 6 nitrogen and oxygen atoms in total. The lowest BCUT2D eigenvalue weighted by Crippen LogP contribution is -2.52. The molecule has 0 aliphatic carbocycles. The fourth-order valence-corrected chi connectivity index (χ4v) is 5.34. The van der Waals surface area contributed by atoms with E-state index >= 15 is 0 Å². The highest BCUT2D eigenvalue weighted by Crippen LogP contribution is 2.40. The first-order valence-electron chi connectivity index (χ1n) is 12.7. The second kappa shape index (κ2) is 11.8. The van der Waals surface area contributed by atoms with Crippen molar-refractivity contribution in [1.29, 1.82) is 0 Å². The summed E-state index contributed by atoms with van der Waals surface area (Å²) < 4.78 is 23.1. The normalized spacial score (nSPS) is 26.2. The van der Waals surface area contributed by atoms with Gasteiger partial charge in [-0.15, -0.1) is 0 Å². The minimum absolute atomic E-state index is 0.128. The Balaban J connectivity index is 1.59. The number of ether oxygens (including phenoxy) is 4. The van der Waals surface area contributed by atoms with Crippen molar-refractivity contribution in [2.24, 2.45) is 11.8 Å². The molecule has 0 saturated carbocycles. The van der Waals surface area contributed by atoms with Crippen LogP contribution in [0.1, 0.15) is 62.5 Å². The number of benzene rings is 2. The van der Waals surface area contributed by atoms with Crippen LogP contribution in [0.3, 0.4) is 0 Å². The molecule has 2 aliphatic heterocycles. The lowest BCUT2D eigenvalue weighted by molar-refractivity contribution is -0.225. The lowest BCUT2D eigenvalue weighted by atomic mass is 9.84. The van der Waals surface area contributed by atoms with Gasteiger partial charge in [0.2, 0.25) is 0 Å². The van der Waals surface area contributed by atoms with Crippen molar-refractivity contribution in [3.05, 3.63) is 69.7 Å². The molecule has 0 bridgehead atoms.